The summed E-state index contributed by atoms with van der Waals surface area (Å²) in [6.45, 7) is 8.90. The first kappa shape index (κ1) is 13.6. The van der Waals surface area contributed by atoms with E-state index < -0.39 is 0 Å². The Morgan fingerprint density at radius 3 is 2.40 bits per heavy atom. The SMILES string of the molecule is CC(/C=C1/C2(C)CCC(C2=O)C1(C)C)c1ccccc1. The van der Waals surface area contributed by atoms with Gasteiger partial charge >= 0.3 is 0 Å². The topological polar surface area (TPSA) is 17.1 Å². The highest BCUT2D eigenvalue weighted by molar-refractivity contribution is 5.96. The van der Waals surface area contributed by atoms with Crippen molar-refractivity contribution in [3.05, 3.63) is 47.5 Å². The fourth-order valence-corrected chi connectivity index (χ4v) is 4.43. The lowest BCUT2D eigenvalue weighted by Crippen LogP contribution is -2.27. The Bertz CT molecular complexity index is 567. The molecule has 0 N–H and O–H groups in total. The number of ketones is 1. The van der Waals surface area contributed by atoms with Crippen LogP contribution in [0.2, 0.25) is 0 Å². The maximum Gasteiger partial charge on any atom is 0.146 e. The van der Waals surface area contributed by atoms with Crippen molar-refractivity contribution in [2.45, 2.75) is 46.5 Å². The van der Waals surface area contributed by atoms with Gasteiger partial charge in [-0.1, -0.05) is 62.8 Å². The molecule has 0 radical (unpaired) electrons. The molecule has 0 heterocycles. The van der Waals surface area contributed by atoms with Gasteiger partial charge in [0.25, 0.3) is 0 Å². The zero-order chi connectivity index (χ0) is 14.5. The molecule has 2 aliphatic rings. The van der Waals surface area contributed by atoms with Crippen LogP contribution in [-0.4, -0.2) is 5.78 Å². The summed E-state index contributed by atoms with van der Waals surface area (Å²) in [5, 5.41) is 0. The molecule has 0 saturated heterocycles. The monoisotopic (exact) mass is 268 g/mol. The summed E-state index contributed by atoms with van der Waals surface area (Å²) < 4.78 is 0. The first-order valence-electron chi connectivity index (χ1n) is 7.69. The van der Waals surface area contributed by atoms with Crippen LogP contribution in [0, 0.1) is 16.7 Å². The number of carbonyl (C=O) groups is 1. The van der Waals surface area contributed by atoms with Crippen molar-refractivity contribution >= 4 is 5.78 Å². The smallest absolute Gasteiger partial charge is 0.146 e. The average Bonchev–Trinajstić information content (AvgIpc) is 2.79. The molecule has 2 aliphatic carbocycles. The van der Waals surface area contributed by atoms with Crippen LogP contribution in [0.4, 0.5) is 0 Å². The van der Waals surface area contributed by atoms with Gasteiger partial charge in [0.2, 0.25) is 0 Å². The predicted molar refractivity (Wildman–Crippen MR) is 82.6 cm³/mol. The summed E-state index contributed by atoms with van der Waals surface area (Å²) in [4.78, 5) is 12.6. The molecule has 3 rings (SSSR count). The summed E-state index contributed by atoms with van der Waals surface area (Å²) in [5.74, 6) is 1.09. The third-order valence-electron chi connectivity index (χ3n) is 5.70. The highest BCUT2D eigenvalue weighted by Gasteiger charge is 2.62. The molecular formula is C19H24O. The molecule has 2 fully saturated rings. The zero-order valence-corrected chi connectivity index (χ0v) is 12.9. The number of benzene rings is 1. The van der Waals surface area contributed by atoms with Gasteiger partial charge in [0.1, 0.15) is 5.78 Å². The number of allylic oxidation sites excluding steroid dienone is 2. The Morgan fingerprint density at radius 1 is 1.20 bits per heavy atom. The quantitative estimate of drug-likeness (QED) is 0.708. The van der Waals surface area contributed by atoms with E-state index in [0.717, 1.165) is 12.8 Å². The van der Waals surface area contributed by atoms with E-state index in [0.29, 0.717) is 11.7 Å². The van der Waals surface area contributed by atoms with E-state index in [1.807, 2.05) is 0 Å². The molecule has 2 saturated carbocycles. The van der Waals surface area contributed by atoms with E-state index in [1.165, 1.54) is 11.1 Å². The highest BCUT2D eigenvalue weighted by atomic mass is 16.1. The van der Waals surface area contributed by atoms with Crippen LogP contribution >= 0.6 is 0 Å². The molecule has 3 atom stereocenters. The molecular weight excluding hydrogens is 244 g/mol. The third-order valence-corrected chi connectivity index (χ3v) is 5.70. The van der Waals surface area contributed by atoms with Crippen molar-refractivity contribution in [3.63, 3.8) is 0 Å². The van der Waals surface area contributed by atoms with Crippen molar-refractivity contribution in [1.82, 2.24) is 0 Å². The van der Waals surface area contributed by atoms with Crippen molar-refractivity contribution in [2.24, 2.45) is 16.7 Å². The van der Waals surface area contributed by atoms with E-state index in [-0.39, 0.29) is 16.7 Å². The number of Topliss-reactive ketones (excluding diaryl/α,β-unsaturated/α-hetero) is 1. The van der Waals surface area contributed by atoms with Crippen molar-refractivity contribution < 1.29 is 4.79 Å². The lowest BCUT2D eigenvalue weighted by atomic mass is 9.67. The fourth-order valence-electron chi connectivity index (χ4n) is 4.43. The second kappa shape index (κ2) is 4.31. The molecule has 2 bridgehead atoms. The molecule has 106 valence electrons. The van der Waals surface area contributed by atoms with Gasteiger partial charge in [0, 0.05) is 11.3 Å². The van der Waals surface area contributed by atoms with Gasteiger partial charge in [-0.3, -0.25) is 4.79 Å². The minimum absolute atomic E-state index is 0.0348. The maximum atomic E-state index is 12.6. The van der Waals surface area contributed by atoms with Crippen LogP contribution in [0.3, 0.4) is 0 Å². The molecule has 3 unspecified atom stereocenters. The number of carbonyl (C=O) groups excluding carboxylic acids is 1. The van der Waals surface area contributed by atoms with Crippen molar-refractivity contribution in [2.75, 3.05) is 0 Å². The summed E-state index contributed by atoms with van der Waals surface area (Å²) in [6, 6.07) is 10.6. The Morgan fingerprint density at radius 2 is 1.85 bits per heavy atom. The first-order chi connectivity index (χ1) is 9.37. The Balaban J connectivity index is 2.01. The fraction of sp³-hybridized carbons (Fsp3) is 0.526. The molecule has 0 aromatic heterocycles. The minimum Gasteiger partial charge on any atom is -0.298 e. The van der Waals surface area contributed by atoms with Crippen LogP contribution in [0.15, 0.2) is 42.0 Å². The molecule has 0 spiro atoms. The predicted octanol–water partition coefficient (Wildman–Crippen LogP) is 4.74. The van der Waals surface area contributed by atoms with Crippen LogP contribution in [-0.2, 0) is 4.79 Å². The molecule has 1 heteroatoms. The summed E-state index contributed by atoms with van der Waals surface area (Å²) >= 11 is 0. The van der Waals surface area contributed by atoms with Crippen LogP contribution < -0.4 is 0 Å². The lowest BCUT2D eigenvalue weighted by molar-refractivity contribution is -0.125. The number of rotatable bonds is 2. The summed E-state index contributed by atoms with van der Waals surface area (Å²) in [7, 11) is 0. The normalized spacial score (nSPS) is 34.7. The van der Waals surface area contributed by atoms with E-state index in [2.05, 4.69) is 64.1 Å². The standard InChI is InChI=1S/C19H24O/c1-13(14-8-6-5-7-9-14)12-16-18(2,3)15-10-11-19(16,4)17(15)20/h5-9,12-13,15H,10-11H2,1-4H3/b16-12+. The van der Waals surface area contributed by atoms with Gasteiger partial charge in [-0.25, -0.2) is 0 Å². The Kier molecular flexibility index (Phi) is 2.93. The molecule has 0 amide bonds. The van der Waals surface area contributed by atoms with Gasteiger partial charge in [-0.2, -0.15) is 0 Å². The van der Waals surface area contributed by atoms with E-state index in [1.54, 1.807) is 0 Å². The van der Waals surface area contributed by atoms with Gasteiger partial charge in [0.15, 0.2) is 0 Å². The van der Waals surface area contributed by atoms with Gasteiger partial charge < -0.3 is 0 Å². The van der Waals surface area contributed by atoms with Crippen LogP contribution in [0.25, 0.3) is 0 Å². The largest absolute Gasteiger partial charge is 0.298 e. The minimum atomic E-state index is -0.197. The Hall–Kier alpha value is -1.37. The molecule has 1 aromatic carbocycles. The molecule has 1 aromatic rings. The maximum absolute atomic E-state index is 12.6. The number of hydrogen-bond acceptors (Lipinski definition) is 1. The molecule has 1 nitrogen and oxygen atoms in total. The first-order valence-corrected chi connectivity index (χ1v) is 7.69. The van der Waals surface area contributed by atoms with Crippen molar-refractivity contribution in [3.8, 4) is 0 Å². The average molecular weight is 268 g/mol. The third kappa shape index (κ3) is 1.72. The summed E-state index contributed by atoms with van der Waals surface area (Å²) in [6.07, 6.45) is 4.47. The van der Waals surface area contributed by atoms with Gasteiger partial charge in [0.05, 0.1) is 0 Å². The van der Waals surface area contributed by atoms with Crippen LogP contribution in [0.1, 0.15) is 52.0 Å². The highest BCUT2D eigenvalue weighted by Crippen LogP contribution is 2.63. The van der Waals surface area contributed by atoms with Crippen molar-refractivity contribution in [1.29, 1.82) is 0 Å². The summed E-state index contributed by atoms with van der Waals surface area (Å²) in [5.41, 5.74) is 2.54. The van der Waals surface area contributed by atoms with E-state index in [4.69, 9.17) is 0 Å². The zero-order valence-electron chi connectivity index (χ0n) is 12.9. The second-order valence-electron chi connectivity index (χ2n) is 7.29. The van der Waals surface area contributed by atoms with Crippen LogP contribution in [0.5, 0.6) is 0 Å². The second-order valence-corrected chi connectivity index (χ2v) is 7.29. The molecule has 20 heavy (non-hydrogen) atoms. The lowest BCUT2D eigenvalue weighted by Gasteiger charge is -2.36. The van der Waals surface area contributed by atoms with E-state index >= 15 is 0 Å². The van der Waals surface area contributed by atoms with Gasteiger partial charge in [-0.15, -0.1) is 0 Å². The van der Waals surface area contributed by atoms with Gasteiger partial charge in [-0.05, 0) is 36.7 Å². The number of hydrogen-bond donors (Lipinski definition) is 0. The molecule has 0 aliphatic heterocycles. The van der Waals surface area contributed by atoms with E-state index in [9.17, 15) is 4.79 Å². The Labute approximate surface area is 122 Å². The number of fused-ring (bicyclic) bond motifs is 2.